The number of imidazole rings is 1. The number of anilines is 1. The molecule has 0 saturated heterocycles. The lowest BCUT2D eigenvalue weighted by Crippen LogP contribution is -2.07. The first-order valence-corrected chi connectivity index (χ1v) is 6.91. The summed E-state index contributed by atoms with van der Waals surface area (Å²) in [5, 5.41) is 1.20. The molecule has 0 bridgehead atoms. The number of hydrogen-bond acceptors (Lipinski definition) is 5. The second-order valence-electron chi connectivity index (χ2n) is 3.77. The van der Waals surface area contributed by atoms with E-state index >= 15 is 0 Å². The highest BCUT2D eigenvalue weighted by Gasteiger charge is 2.10. The number of rotatable bonds is 2. The molecule has 3 aromatic rings. The molecule has 0 spiro atoms. The van der Waals surface area contributed by atoms with E-state index < -0.39 is 0 Å². The van der Waals surface area contributed by atoms with Crippen molar-refractivity contribution in [3.63, 3.8) is 0 Å². The molecule has 2 heterocycles. The Kier molecular flexibility index (Phi) is 3.03. The van der Waals surface area contributed by atoms with Crippen LogP contribution in [0, 0.1) is 0 Å². The molecule has 0 aliphatic carbocycles. The number of benzene rings is 1. The smallest absolute Gasteiger partial charge is 0.266 e. The van der Waals surface area contributed by atoms with Crippen LogP contribution in [-0.2, 0) is 0 Å². The molecule has 0 aliphatic rings. The minimum absolute atomic E-state index is 0.224. The Hall–Kier alpha value is -1.80. The molecule has 8 heteroatoms. The number of nitrogens with zero attached hydrogens (tertiary/aromatic N) is 2. The second kappa shape index (κ2) is 4.71. The van der Waals surface area contributed by atoms with Gasteiger partial charge in [-0.2, -0.15) is 0 Å². The van der Waals surface area contributed by atoms with E-state index in [9.17, 15) is 4.79 Å². The van der Waals surface area contributed by atoms with Crippen LogP contribution in [0.1, 0.15) is 0 Å². The summed E-state index contributed by atoms with van der Waals surface area (Å²) in [6, 6.07) is 5.44. The number of halogens is 1. The molecule has 1 aromatic carbocycles. The number of aromatic amines is 2. The number of nitrogens with one attached hydrogen (secondary N) is 2. The lowest BCUT2D eigenvalue weighted by molar-refractivity contribution is 0.978. The van der Waals surface area contributed by atoms with Gasteiger partial charge in [-0.1, -0.05) is 0 Å². The van der Waals surface area contributed by atoms with Crippen molar-refractivity contribution < 1.29 is 0 Å². The number of nitrogens with two attached hydrogens (primary N) is 1. The Morgan fingerprint density at radius 2 is 2.21 bits per heavy atom. The van der Waals surface area contributed by atoms with Crippen molar-refractivity contribution in [1.29, 1.82) is 0 Å². The van der Waals surface area contributed by atoms with Crippen molar-refractivity contribution in [2.75, 3.05) is 5.73 Å². The van der Waals surface area contributed by atoms with Gasteiger partial charge in [0, 0.05) is 5.69 Å². The fraction of sp³-hybridized carbons (Fsp3) is 0. The molecule has 2 aromatic heterocycles. The van der Waals surface area contributed by atoms with Crippen LogP contribution in [0.15, 0.2) is 44.0 Å². The lowest BCUT2D eigenvalue weighted by Gasteiger charge is -1.98. The lowest BCUT2D eigenvalue weighted by atomic mass is 10.3. The normalized spacial score (nSPS) is 11.0. The van der Waals surface area contributed by atoms with Gasteiger partial charge in [0.2, 0.25) is 0 Å². The number of fused-ring (bicyclic) bond motifs is 1. The minimum Gasteiger partial charge on any atom is -0.399 e. The van der Waals surface area contributed by atoms with E-state index in [2.05, 4.69) is 35.9 Å². The van der Waals surface area contributed by atoms with E-state index in [1.165, 1.54) is 18.1 Å². The summed E-state index contributed by atoms with van der Waals surface area (Å²) in [7, 11) is 0. The Morgan fingerprint density at radius 1 is 1.37 bits per heavy atom. The fourth-order valence-corrected chi connectivity index (χ4v) is 2.82. The van der Waals surface area contributed by atoms with Crippen molar-refractivity contribution in [2.45, 2.75) is 10.2 Å². The van der Waals surface area contributed by atoms with Gasteiger partial charge in [0.25, 0.3) is 5.56 Å². The van der Waals surface area contributed by atoms with Crippen LogP contribution >= 0.6 is 27.7 Å². The largest absolute Gasteiger partial charge is 0.399 e. The zero-order valence-electron chi connectivity index (χ0n) is 9.48. The highest BCUT2D eigenvalue weighted by Crippen LogP contribution is 2.29. The summed E-state index contributed by atoms with van der Waals surface area (Å²) >= 11 is 4.48. The minimum atomic E-state index is -0.224. The Morgan fingerprint density at radius 3 is 3.05 bits per heavy atom. The monoisotopic (exact) mass is 337 g/mol. The second-order valence-corrected chi connectivity index (χ2v) is 5.54. The predicted octanol–water partition coefficient (Wildman–Crippen LogP) is 2.14. The van der Waals surface area contributed by atoms with Gasteiger partial charge in [0.05, 0.1) is 17.4 Å². The molecular weight excluding hydrogens is 330 g/mol. The van der Waals surface area contributed by atoms with Crippen molar-refractivity contribution in [1.82, 2.24) is 19.9 Å². The third-order valence-corrected chi connectivity index (χ3v) is 4.33. The van der Waals surface area contributed by atoms with Gasteiger partial charge in [0.1, 0.15) is 9.50 Å². The van der Waals surface area contributed by atoms with Crippen molar-refractivity contribution in [2.24, 2.45) is 0 Å². The first-order valence-electron chi connectivity index (χ1n) is 5.30. The molecule has 0 saturated carbocycles. The molecule has 4 N–H and O–H groups in total. The van der Waals surface area contributed by atoms with Gasteiger partial charge < -0.3 is 15.7 Å². The van der Waals surface area contributed by atoms with E-state index in [-0.39, 0.29) is 5.56 Å². The van der Waals surface area contributed by atoms with E-state index in [0.29, 0.717) is 20.3 Å². The molecule has 0 fully saturated rings. The van der Waals surface area contributed by atoms with Crippen LogP contribution in [0.5, 0.6) is 0 Å². The quantitative estimate of drug-likeness (QED) is 0.491. The van der Waals surface area contributed by atoms with Crippen LogP contribution in [-0.4, -0.2) is 19.9 Å². The molecule has 0 unspecified atom stereocenters. The van der Waals surface area contributed by atoms with Crippen LogP contribution in [0.25, 0.3) is 11.0 Å². The van der Waals surface area contributed by atoms with Gasteiger partial charge >= 0.3 is 0 Å². The summed E-state index contributed by atoms with van der Waals surface area (Å²) < 4.78 is 0.389. The van der Waals surface area contributed by atoms with E-state index in [1.807, 2.05) is 12.1 Å². The molecule has 0 radical (unpaired) electrons. The molecule has 0 atom stereocenters. The summed E-state index contributed by atoms with van der Waals surface area (Å²) in [6.45, 7) is 0. The SMILES string of the molecule is Nc1ccc2nc(Sc3nc[nH]c(=O)c3Br)[nH]c2c1. The molecule has 0 aliphatic heterocycles. The van der Waals surface area contributed by atoms with E-state index in [0.717, 1.165) is 11.0 Å². The average Bonchev–Trinajstić information content (AvgIpc) is 2.76. The highest BCUT2D eigenvalue weighted by molar-refractivity contribution is 9.10. The van der Waals surface area contributed by atoms with Gasteiger partial charge in [0.15, 0.2) is 5.16 Å². The first kappa shape index (κ1) is 12.2. The number of H-pyrrole nitrogens is 2. The van der Waals surface area contributed by atoms with E-state index in [1.54, 1.807) is 6.07 Å². The predicted molar refractivity (Wildman–Crippen MR) is 77.2 cm³/mol. The standard InChI is InChI=1S/C11H8BrN5OS/c12-8-9(18)14-4-15-10(8)19-11-16-6-2-1-5(13)3-7(6)17-11/h1-4H,13H2,(H,16,17)(H,14,15,18). The van der Waals surface area contributed by atoms with Crippen LogP contribution in [0.3, 0.4) is 0 Å². The maximum atomic E-state index is 11.4. The average molecular weight is 338 g/mol. The first-order chi connectivity index (χ1) is 9.13. The molecule has 6 nitrogen and oxygen atoms in total. The Balaban J connectivity index is 2.01. The third kappa shape index (κ3) is 2.36. The fourth-order valence-electron chi connectivity index (χ4n) is 1.58. The van der Waals surface area contributed by atoms with Gasteiger partial charge in [-0.15, -0.1) is 0 Å². The zero-order valence-corrected chi connectivity index (χ0v) is 11.9. The van der Waals surface area contributed by atoms with Crippen molar-refractivity contribution in [3.05, 3.63) is 39.4 Å². The summed E-state index contributed by atoms with van der Waals surface area (Å²) in [5.41, 5.74) is 7.82. The van der Waals surface area contributed by atoms with Gasteiger partial charge in [-0.3, -0.25) is 4.79 Å². The van der Waals surface area contributed by atoms with Gasteiger partial charge in [-0.05, 0) is 45.9 Å². The van der Waals surface area contributed by atoms with Gasteiger partial charge in [-0.25, -0.2) is 9.97 Å². The van der Waals surface area contributed by atoms with Crippen LogP contribution in [0.4, 0.5) is 5.69 Å². The van der Waals surface area contributed by atoms with Crippen LogP contribution < -0.4 is 11.3 Å². The highest BCUT2D eigenvalue weighted by atomic mass is 79.9. The Bertz CT molecular complexity index is 812. The molecule has 19 heavy (non-hydrogen) atoms. The topological polar surface area (TPSA) is 100 Å². The van der Waals surface area contributed by atoms with Crippen molar-refractivity contribution >= 4 is 44.4 Å². The maximum absolute atomic E-state index is 11.4. The zero-order chi connectivity index (χ0) is 13.4. The molecule has 96 valence electrons. The maximum Gasteiger partial charge on any atom is 0.266 e. The molecular formula is C11H8BrN5OS. The molecule has 0 amide bonds. The van der Waals surface area contributed by atoms with Crippen molar-refractivity contribution in [3.8, 4) is 0 Å². The summed E-state index contributed by atoms with van der Waals surface area (Å²) in [4.78, 5) is 25.6. The number of nitrogen functional groups attached to an aromatic ring is 1. The summed E-state index contributed by atoms with van der Waals surface area (Å²) in [5.74, 6) is 0. The van der Waals surface area contributed by atoms with Crippen LogP contribution in [0.2, 0.25) is 0 Å². The third-order valence-electron chi connectivity index (χ3n) is 2.44. The number of hydrogen-bond donors (Lipinski definition) is 3. The summed E-state index contributed by atoms with van der Waals surface area (Å²) in [6.07, 6.45) is 1.36. The number of aromatic nitrogens is 4. The van der Waals surface area contributed by atoms with E-state index in [4.69, 9.17) is 5.73 Å². The Labute approximate surface area is 120 Å². The molecule has 3 rings (SSSR count).